The van der Waals surface area contributed by atoms with E-state index in [0.717, 1.165) is 42.3 Å². The minimum Gasteiger partial charge on any atom is -0.441 e. The second kappa shape index (κ2) is 9.11. The maximum atomic E-state index is 12.6. The Kier molecular flexibility index (Phi) is 6.86. The van der Waals surface area contributed by atoms with Crippen LogP contribution in [0.5, 0.6) is 0 Å². The van der Waals surface area contributed by atoms with Crippen molar-refractivity contribution in [3.8, 4) is 0 Å². The second-order valence-corrected chi connectivity index (χ2v) is 5.95. The van der Waals surface area contributed by atoms with E-state index < -0.39 is 0 Å². The van der Waals surface area contributed by atoms with Gasteiger partial charge >= 0.3 is 6.09 Å². The highest BCUT2D eigenvalue weighted by atomic mass is 16.6. The van der Waals surface area contributed by atoms with E-state index in [1.165, 1.54) is 0 Å². The van der Waals surface area contributed by atoms with Crippen LogP contribution in [-0.4, -0.2) is 24.1 Å². The molecule has 0 unspecified atom stereocenters. The highest BCUT2D eigenvalue weighted by Gasteiger charge is 2.21. The monoisotopic (exact) mass is 325 g/mol. The molecule has 128 valence electrons. The fourth-order valence-electron chi connectivity index (χ4n) is 2.95. The summed E-state index contributed by atoms with van der Waals surface area (Å²) >= 11 is 0. The molecule has 1 atom stereocenters. The summed E-state index contributed by atoms with van der Waals surface area (Å²) < 4.78 is 5.87. The van der Waals surface area contributed by atoms with Gasteiger partial charge in [0.2, 0.25) is 0 Å². The molecule has 0 saturated carbocycles. The van der Waals surface area contributed by atoms with Crippen LogP contribution in [0.1, 0.15) is 44.8 Å². The molecule has 0 heterocycles. The first-order valence-electron chi connectivity index (χ1n) is 8.75. The van der Waals surface area contributed by atoms with Gasteiger partial charge in [-0.15, -0.1) is 6.58 Å². The highest BCUT2D eigenvalue weighted by molar-refractivity contribution is 5.86. The number of nitrogens with zero attached hydrogens (tertiary/aromatic N) is 1. The van der Waals surface area contributed by atoms with Crippen LogP contribution in [0.3, 0.4) is 0 Å². The number of hydrogen-bond donors (Lipinski definition) is 0. The van der Waals surface area contributed by atoms with Crippen molar-refractivity contribution in [1.29, 1.82) is 0 Å². The van der Waals surface area contributed by atoms with Gasteiger partial charge in [0.1, 0.15) is 6.10 Å². The third-order valence-corrected chi connectivity index (χ3v) is 4.04. The Bertz CT molecular complexity index is 669. The molecule has 0 aliphatic rings. The van der Waals surface area contributed by atoms with Gasteiger partial charge in [-0.3, -0.25) is 0 Å². The number of carbonyl (C=O) groups excluding carboxylic acids is 1. The van der Waals surface area contributed by atoms with Crippen LogP contribution in [0.15, 0.2) is 55.1 Å². The quantitative estimate of drug-likeness (QED) is 0.581. The molecule has 0 spiro atoms. The molecule has 3 heteroatoms. The summed E-state index contributed by atoms with van der Waals surface area (Å²) in [5.41, 5.74) is 1.04. The maximum absolute atomic E-state index is 12.6. The van der Waals surface area contributed by atoms with E-state index >= 15 is 0 Å². The van der Waals surface area contributed by atoms with Crippen molar-refractivity contribution in [2.24, 2.45) is 0 Å². The van der Waals surface area contributed by atoms with E-state index in [4.69, 9.17) is 4.74 Å². The molecular weight excluding hydrogens is 298 g/mol. The zero-order valence-corrected chi connectivity index (χ0v) is 14.7. The van der Waals surface area contributed by atoms with E-state index in [1.807, 2.05) is 30.3 Å². The highest BCUT2D eigenvalue weighted by Crippen LogP contribution is 2.29. The lowest BCUT2D eigenvalue weighted by Gasteiger charge is -2.25. The zero-order valence-electron chi connectivity index (χ0n) is 14.7. The molecule has 0 N–H and O–H groups in total. The van der Waals surface area contributed by atoms with Gasteiger partial charge in [-0.05, 0) is 23.6 Å². The average molecular weight is 325 g/mol. The van der Waals surface area contributed by atoms with Crippen LogP contribution in [-0.2, 0) is 4.74 Å². The van der Waals surface area contributed by atoms with Gasteiger partial charge in [0, 0.05) is 25.1 Å². The molecule has 0 aromatic heterocycles. The lowest BCUT2D eigenvalue weighted by molar-refractivity contribution is 0.0637. The number of rotatable bonds is 8. The zero-order chi connectivity index (χ0) is 17.4. The molecule has 2 aromatic rings. The average Bonchev–Trinajstić information content (AvgIpc) is 2.60. The largest absolute Gasteiger partial charge is 0.441 e. The van der Waals surface area contributed by atoms with Gasteiger partial charge in [-0.2, -0.15) is 0 Å². The standard InChI is InChI=1S/C21H27NO2/c1-4-10-20(24-21(23)22(15-5-2)16-6-3)19-14-9-12-17-11-7-8-13-18(17)19/h4,7-9,11-14,20H,1,5-6,10,15-16H2,2-3H3/t20-/m0/s1. The second-order valence-electron chi connectivity index (χ2n) is 5.95. The summed E-state index contributed by atoms with van der Waals surface area (Å²) in [7, 11) is 0. The molecular formula is C21H27NO2. The molecule has 0 saturated heterocycles. The van der Waals surface area contributed by atoms with Gasteiger partial charge in [0.05, 0.1) is 0 Å². The molecule has 24 heavy (non-hydrogen) atoms. The van der Waals surface area contributed by atoms with E-state index in [9.17, 15) is 4.79 Å². The predicted octanol–water partition coefficient (Wildman–Crippen LogP) is 5.72. The molecule has 2 rings (SSSR count). The van der Waals surface area contributed by atoms with Crippen molar-refractivity contribution in [2.75, 3.05) is 13.1 Å². The fraction of sp³-hybridized carbons (Fsp3) is 0.381. The third-order valence-electron chi connectivity index (χ3n) is 4.04. The van der Waals surface area contributed by atoms with Crippen LogP contribution in [0.4, 0.5) is 4.79 Å². The van der Waals surface area contributed by atoms with Gasteiger partial charge in [-0.25, -0.2) is 4.79 Å². The number of ether oxygens (including phenoxy) is 1. The van der Waals surface area contributed by atoms with E-state index in [0.29, 0.717) is 6.42 Å². The Morgan fingerprint density at radius 2 is 1.79 bits per heavy atom. The van der Waals surface area contributed by atoms with Gasteiger partial charge in [0.25, 0.3) is 0 Å². The van der Waals surface area contributed by atoms with Crippen molar-refractivity contribution >= 4 is 16.9 Å². The number of amides is 1. The molecule has 1 amide bonds. The molecule has 0 aliphatic heterocycles. The van der Waals surface area contributed by atoms with Crippen LogP contribution in [0.2, 0.25) is 0 Å². The van der Waals surface area contributed by atoms with Gasteiger partial charge in [-0.1, -0.05) is 62.4 Å². The minimum atomic E-state index is -0.308. The van der Waals surface area contributed by atoms with Gasteiger partial charge < -0.3 is 9.64 Å². The Morgan fingerprint density at radius 1 is 1.12 bits per heavy atom. The predicted molar refractivity (Wildman–Crippen MR) is 100 cm³/mol. The van der Waals surface area contributed by atoms with Crippen LogP contribution < -0.4 is 0 Å². The molecule has 0 bridgehead atoms. The summed E-state index contributed by atoms with van der Waals surface area (Å²) in [5.74, 6) is 0. The topological polar surface area (TPSA) is 29.5 Å². The van der Waals surface area contributed by atoms with Crippen LogP contribution in [0, 0.1) is 0 Å². The summed E-state index contributed by atoms with van der Waals surface area (Å²) in [4.78, 5) is 14.4. The first-order valence-corrected chi connectivity index (χ1v) is 8.75. The van der Waals surface area contributed by atoms with Crippen molar-refractivity contribution in [3.05, 3.63) is 60.7 Å². The molecule has 0 radical (unpaired) electrons. The number of benzene rings is 2. The Hall–Kier alpha value is -2.29. The maximum Gasteiger partial charge on any atom is 0.410 e. The summed E-state index contributed by atoms with van der Waals surface area (Å²) in [6.07, 6.45) is 3.72. The Labute approximate surface area is 144 Å². The molecule has 2 aromatic carbocycles. The molecule has 3 nitrogen and oxygen atoms in total. The fourth-order valence-corrected chi connectivity index (χ4v) is 2.95. The van der Waals surface area contributed by atoms with Crippen molar-refractivity contribution in [2.45, 2.75) is 39.2 Å². The third kappa shape index (κ3) is 4.38. The Balaban J connectivity index is 2.28. The van der Waals surface area contributed by atoms with Crippen LogP contribution in [0.25, 0.3) is 10.8 Å². The summed E-state index contributed by atoms with van der Waals surface area (Å²) in [6.45, 7) is 9.42. The van der Waals surface area contributed by atoms with Crippen molar-refractivity contribution < 1.29 is 9.53 Å². The molecule has 0 fully saturated rings. The van der Waals surface area contributed by atoms with Gasteiger partial charge in [0.15, 0.2) is 0 Å². The minimum absolute atomic E-state index is 0.238. The SMILES string of the molecule is C=CC[C@H](OC(=O)N(CCC)CCC)c1cccc2ccccc12. The lowest BCUT2D eigenvalue weighted by atomic mass is 9.98. The van der Waals surface area contributed by atoms with Crippen molar-refractivity contribution in [1.82, 2.24) is 4.90 Å². The molecule has 0 aliphatic carbocycles. The normalized spacial score (nSPS) is 11.9. The van der Waals surface area contributed by atoms with E-state index in [2.05, 4.69) is 38.6 Å². The lowest BCUT2D eigenvalue weighted by Crippen LogP contribution is -2.33. The van der Waals surface area contributed by atoms with E-state index in [1.54, 1.807) is 4.90 Å². The smallest absolute Gasteiger partial charge is 0.410 e. The Morgan fingerprint density at radius 3 is 2.46 bits per heavy atom. The summed E-state index contributed by atoms with van der Waals surface area (Å²) in [5, 5.41) is 2.27. The number of hydrogen-bond acceptors (Lipinski definition) is 2. The summed E-state index contributed by atoms with van der Waals surface area (Å²) in [6, 6.07) is 14.3. The van der Waals surface area contributed by atoms with Crippen LogP contribution >= 0.6 is 0 Å². The number of carbonyl (C=O) groups is 1. The first kappa shape index (κ1) is 18.1. The number of fused-ring (bicyclic) bond motifs is 1. The van der Waals surface area contributed by atoms with Crippen molar-refractivity contribution in [3.63, 3.8) is 0 Å². The van der Waals surface area contributed by atoms with E-state index in [-0.39, 0.29) is 12.2 Å². The first-order chi connectivity index (χ1) is 11.7.